The number of urea groups is 1. The van der Waals surface area contributed by atoms with Crippen molar-refractivity contribution in [1.29, 1.82) is 0 Å². The first-order valence-electron chi connectivity index (χ1n) is 16.9. The summed E-state index contributed by atoms with van der Waals surface area (Å²) in [6, 6.07) is 29.0. The number of piperidine rings is 1. The molecule has 1 aromatic heterocycles. The average molecular weight is 695 g/mol. The molecule has 0 unspecified atom stereocenters. The number of phenols is 1. The number of carbonyl (C=O) groups excluding carboxylic acids is 2. The van der Waals surface area contributed by atoms with E-state index in [1.165, 1.54) is 0 Å². The number of amides is 3. The highest BCUT2D eigenvalue weighted by Crippen LogP contribution is 2.29. The normalized spacial score (nSPS) is 13.6. The Morgan fingerprint density at radius 3 is 2.36 bits per heavy atom. The van der Waals surface area contributed by atoms with Crippen LogP contribution in [0.5, 0.6) is 5.75 Å². The number of para-hydroxylation sites is 1. The molecule has 260 valence electrons. The van der Waals surface area contributed by atoms with E-state index in [9.17, 15) is 19.5 Å². The van der Waals surface area contributed by atoms with Gasteiger partial charge in [-0.25, -0.2) is 9.59 Å². The summed E-state index contributed by atoms with van der Waals surface area (Å²) in [7, 11) is 0. The van der Waals surface area contributed by atoms with Gasteiger partial charge in [0.15, 0.2) is 0 Å². The Kier molecular flexibility index (Phi) is 11.8. The van der Waals surface area contributed by atoms with Gasteiger partial charge in [0, 0.05) is 44.8 Å². The molecule has 50 heavy (non-hydrogen) atoms. The summed E-state index contributed by atoms with van der Waals surface area (Å²) in [6.07, 6.45) is 1.62. The fraction of sp³-hybridized carbons (Fsp3) is 0.289. The lowest BCUT2D eigenvalue weighted by molar-refractivity contribution is 0.0594. The van der Waals surface area contributed by atoms with Gasteiger partial charge in [-0.3, -0.25) is 10.1 Å². The van der Waals surface area contributed by atoms with Crippen LogP contribution in [-0.2, 0) is 24.2 Å². The van der Waals surface area contributed by atoms with Gasteiger partial charge in [0.25, 0.3) is 0 Å². The Morgan fingerprint density at radius 1 is 0.860 bits per heavy atom. The summed E-state index contributed by atoms with van der Waals surface area (Å²) < 4.78 is 6.54. The highest BCUT2D eigenvalue weighted by molar-refractivity contribution is 7.16. The number of aromatic nitrogens is 1. The number of nitrogens with one attached hydrogen (secondary N) is 5. The van der Waals surface area contributed by atoms with Gasteiger partial charge >= 0.3 is 17.0 Å². The third-order valence-electron chi connectivity index (χ3n) is 8.79. The van der Waals surface area contributed by atoms with Gasteiger partial charge in [-0.15, -0.1) is 0 Å². The average Bonchev–Trinajstić information content (AvgIpc) is 3.54. The number of ether oxygens (including phenoxy) is 1. The predicted molar refractivity (Wildman–Crippen MR) is 198 cm³/mol. The molecule has 0 spiro atoms. The largest absolute Gasteiger partial charge is 0.506 e. The lowest BCUT2D eigenvalue weighted by Gasteiger charge is -2.31. The molecule has 3 amide bonds. The lowest BCUT2D eigenvalue weighted by atomic mass is 10.0. The van der Waals surface area contributed by atoms with Crippen LogP contribution in [0.3, 0.4) is 0 Å². The summed E-state index contributed by atoms with van der Waals surface area (Å²) in [6.45, 7) is 4.68. The molecule has 0 saturated carbocycles. The van der Waals surface area contributed by atoms with Crippen molar-refractivity contribution in [3.05, 3.63) is 117 Å². The van der Waals surface area contributed by atoms with Gasteiger partial charge in [0.2, 0.25) is 0 Å². The smallest absolute Gasteiger partial charge is 0.411 e. The van der Waals surface area contributed by atoms with E-state index < -0.39 is 6.09 Å². The van der Waals surface area contributed by atoms with Gasteiger partial charge in [-0.05, 0) is 60.2 Å². The van der Waals surface area contributed by atoms with E-state index in [-0.39, 0.29) is 22.8 Å². The van der Waals surface area contributed by atoms with Crippen molar-refractivity contribution in [3.8, 4) is 16.9 Å². The fourth-order valence-corrected chi connectivity index (χ4v) is 6.97. The Balaban J connectivity index is 0.831. The van der Waals surface area contributed by atoms with Crippen LogP contribution < -0.4 is 26.1 Å². The van der Waals surface area contributed by atoms with Crippen molar-refractivity contribution in [3.63, 3.8) is 0 Å². The first-order valence-corrected chi connectivity index (χ1v) is 17.7. The lowest BCUT2D eigenvalue weighted by Crippen LogP contribution is -2.44. The molecule has 1 saturated heterocycles. The Morgan fingerprint density at radius 2 is 1.58 bits per heavy atom. The molecule has 6 rings (SSSR count). The molecule has 12 heteroatoms. The molecule has 4 aromatic carbocycles. The van der Waals surface area contributed by atoms with E-state index in [4.69, 9.17) is 4.74 Å². The number of aromatic amines is 1. The number of fused-ring (bicyclic) bond motifs is 1. The molecule has 1 aliphatic rings. The number of hydrogen-bond acceptors (Lipinski definition) is 8. The third-order valence-corrected chi connectivity index (χ3v) is 9.74. The summed E-state index contributed by atoms with van der Waals surface area (Å²) in [5.41, 5.74) is 6.35. The number of carbonyl (C=O) groups is 2. The highest BCUT2D eigenvalue weighted by Gasteiger charge is 2.23. The minimum atomic E-state index is -0.446. The Bertz CT molecular complexity index is 1940. The fourth-order valence-electron chi connectivity index (χ4n) is 6.08. The number of aromatic hydroxyl groups is 1. The summed E-state index contributed by atoms with van der Waals surface area (Å²) in [5, 5.41) is 22.2. The second-order valence-corrected chi connectivity index (χ2v) is 13.3. The number of H-pyrrole nitrogens is 1. The van der Waals surface area contributed by atoms with Crippen LogP contribution >= 0.6 is 11.3 Å². The Hall–Kier alpha value is -5.17. The molecule has 5 aromatic rings. The van der Waals surface area contributed by atoms with E-state index in [2.05, 4.69) is 31.2 Å². The zero-order valence-corrected chi connectivity index (χ0v) is 28.6. The number of rotatable bonds is 13. The number of benzene rings is 4. The van der Waals surface area contributed by atoms with E-state index in [0.29, 0.717) is 25.2 Å². The van der Waals surface area contributed by atoms with Crippen molar-refractivity contribution in [1.82, 2.24) is 25.8 Å². The van der Waals surface area contributed by atoms with E-state index in [1.807, 2.05) is 84.9 Å². The van der Waals surface area contributed by atoms with Crippen LogP contribution in [0.2, 0.25) is 0 Å². The SMILES string of the molecule is O=C(NCCN1CCC(OC(=O)Nc2ccccc2-c2ccccc2)CC1)NCc1ccc(CNCCc2ccc(O)c3[nH]c(=O)sc23)cc1. The number of anilines is 1. The summed E-state index contributed by atoms with van der Waals surface area (Å²) >= 11 is 1.12. The van der Waals surface area contributed by atoms with Gasteiger partial charge in [-0.1, -0.05) is 90.2 Å². The zero-order chi connectivity index (χ0) is 34.7. The maximum absolute atomic E-state index is 12.7. The Labute approximate surface area is 294 Å². The van der Waals surface area contributed by atoms with Crippen molar-refractivity contribution in [2.45, 2.75) is 38.5 Å². The van der Waals surface area contributed by atoms with Crippen LogP contribution in [0.25, 0.3) is 21.3 Å². The van der Waals surface area contributed by atoms with Crippen LogP contribution in [0.1, 0.15) is 29.5 Å². The molecular formula is C38H42N6O5S. The van der Waals surface area contributed by atoms with Crippen molar-refractivity contribution < 1.29 is 19.4 Å². The summed E-state index contributed by atoms with van der Waals surface area (Å²) in [4.78, 5) is 41.6. The minimum Gasteiger partial charge on any atom is -0.506 e. The van der Waals surface area contributed by atoms with E-state index in [1.54, 1.807) is 6.07 Å². The number of hydrogen-bond donors (Lipinski definition) is 6. The van der Waals surface area contributed by atoms with Crippen molar-refractivity contribution in [2.24, 2.45) is 0 Å². The molecule has 0 radical (unpaired) electrons. The summed E-state index contributed by atoms with van der Waals surface area (Å²) in [5.74, 6) is 0.0895. The van der Waals surface area contributed by atoms with Crippen LogP contribution in [0.4, 0.5) is 15.3 Å². The quantitative estimate of drug-likeness (QED) is 0.0854. The number of nitrogens with zero attached hydrogens (tertiary/aromatic N) is 1. The molecular weight excluding hydrogens is 653 g/mol. The van der Waals surface area contributed by atoms with E-state index in [0.717, 1.165) is 95.0 Å². The molecule has 11 nitrogen and oxygen atoms in total. The first-order chi connectivity index (χ1) is 24.4. The standard InChI is InChI=1S/C38H42N6O5S/c45-33-15-14-29(35-34(33)43-38(48)50-35)16-19-39-24-26-10-12-27(13-11-26)25-41-36(46)40-20-23-44-21-17-30(18-22-44)49-37(47)42-32-9-5-4-8-31(32)28-6-2-1-3-7-28/h1-15,30,39,45H,16-25H2,(H,42,47)(H,43,48)(H2,40,41,46). The van der Waals surface area contributed by atoms with Crippen molar-refractivity contribution in [2.75, 3.05) is 38.0 Å². The zero-order valence-electron chi connectivity index (χ0n) is 27.7. The maximum atomic E-state index is 12.7. The van der Waals surface area contributed by atoms with Crippen LogP contribution in [0, 0.1) is 0 Å². The molecule has 0 aliphatic carbocycles. The van der Waals surface area contributed by atoms with Crippen LogP contribution in [0.15, 0.2) is 95.8 Å². The van der Waals surface area contributed by atoms with Gasteiger partial charge in [0.05, 0.1) is 10.4 Å². The second-order valence-electron chi connectivity index (χ2n) is 12.3. The predicted octanol–water partition coefficient (Wildman–Crippen LogP) is 5.81. The molecule has 0 bridgehead atoms. The van der Waals surface area contributed by atoms with Gasteiger partial charge < -0.3 is 35.7 Å². The molecule has 1 fully saturated rings. The van der Waals surface area contributed by atoms with E-state index >= 15 is 0 Å². The number of likely N-dealkylation sites (tertiary alicyclic amines) is 1. The molecule has 1 aliphatic heterocycles. The number of phenolic OH excluding ortho intramolecular Hbond substituents is 1. The topological polar surface area (TPSA) is 148 Å². The monoisotopic (exact) mass is 694 g/mol. The highest BCUT2D eigenvalue weighted by atomic mass is 32.1. The van der Waals surface area contributed by atoms with Gasteiger partial charge in [-0.2, -0.15) is 0 Å². The first kappa shape index (κ1) is 34.7. The molecule has 0 atom stereocenters. The third kappa shape index (κ3) is 9.50. The van der Waals surface area contributed by atoms with Gasteiger partial charge in [0.1, 0.15) is 17.4 Å². The molecule has 6 N–H and O–H groups in total. The van der Waals surface area contributed by atoms with Crippen molar-refractivity contribution >= 4 is 39.4 Å². The maximum Gasteiger partial charge on any atom is 0.411 e. The molecule has 2 heterocycles. The minimum absolute atomic E-state index is 0.0895. The second kappa shape index (κ2) is 17.0. The number of thiazole rings is 1. The van der Waals surface area contributed by atoms with Crippen LogP contribution in [-0.4, -0.2) is 65.9 Å².